The smallest absolute Gasteiger partial charge is 0.251 e. The van der Waals surface area contributed by atoms with Crippen LogP contribution in [0, 0.1) is 11.7 Å². The zero-order valence-corrected chi connectivity index (χ0v) is 21.6. The Morgan fingerprint density at radius 2 is 1.70 bits per heavy atom. The summed E-state index contributed by atoms with van der Waals surface area (Å²) in [4.78, 5) is 42.7. The maximum Gasteiger partial charge on any atom is 0.251 e. The van der Waals surface area contributed by atoms with Crippen LogP contribution in [0.3, 0.4) is 0 Å². The van der Waals surface area contributed by atoms with E-state index in [2.05, 4.69) is 22.3 Å². The Morgan fingerprint density at radius 3 is 2.35 bits per heavy atom. The van der Waals surface area contributed by atoms with Crippen molar-refractivity contribution in [1.82, 2.24) is 15.1 Å². The number of hydrogen-bond acceptors (Lipinski definition) is 5. The highest BCUT2D eigenvalue weighted by Gasteiger charge is 2.39. The molecule has 2 aromatic carbocycles. The molecule has 1 saturated carbocycles. The maximum absolute atomic E-state index is 13.3. The molecule has 2 aromatic rings. The second kappa shape index (κ2) is 12.3. The van der Waals surface area contributed by atoms with Crippen molar-refractivity contribution in [3.8, 4) is 5.75 Å². The van der Waals surface area contributed by atoms with Gasteiger partial charge in [-0.25, -0.2) is 4.39 Å². The summed E-state index contributed by atoms with van der Waals surface area (Å²) >= 11 is 0. The summed E-state index contributed by atoms with van der Waals surface area (Å²) < 4.78 is 18.5. The molecule has 4 rings (SSSR count). The number of piperazine rings is 1. The predicted octanol–water partition coefficient (Wildman–Crippen LogP) is 3.64. The van der Waals surface area contributed by atoms with E-state index in [0.717, 1.165) is 25.3 Å². The van der Waals surface area contributed by atoms with Crippen LogP contribution in [0.5, 0.6) is 5.75 Å². The Balaban J connectivity index is 1.29. The molecule has 0 aromatic heterocycles. The minimum Gasteiger partial charge on any atom is -0.497 e. The normalized spacial score (nSPS) is 20.2. The van der Waals surface area contributed by atoms with Gasteiger partial charge in [-0.05, 0) is 80.1 Å². The Kier molecular flexibility index (Phi) is 8.92. The van der Waals surface area contributed by atoms with Crippen LogP contribution in [0.15, 0.2) is 48.5 Å². The molecule has 1 saturated heterocycles. The van der Waals surface area contributed by atoms with Gasteiger partial charge in [0.2, 0.25) is 5.91 Å². The van der Waals surface area contributed by atoms with Gasteiger partial charge in [-0.15, -0.1) is 0 Å². The molecule has 2 aliphatic rings. The van der Waals surface area contributed by atoms with E-state index in [4.69, 9.17) is 4.74 Å². The molecular weight excluding hydrogens is 473 g/mol. The lowest BCUT2D eigenvalue weighted by Crippen LogP contribution is -2.54. The number of rotatable bonds is 11. The summed E-state index contributed by atoms with van der Waals surface area (Å²) in [6, 6.07) is 12.6. The number of likely N-dealkylation sites (N-methyl/N-ethyl adjacent to an activating group) is 1. The number of methoxy groups -OCH3 is 1. The van der Waals surface area contributed by atoms with E-state index in [1.54, 1.807) is 12.0 Å². The van der Waals surface area contributed by atoms with E-state index in [-0.39, 0.29) is 11.7 Å². The second-order valence-corrected chi connectivity index (χ2v) is 10.2. The number of benzene rings is 2. The summed E-state index contributed by atoms with van der Waals surface area (Å²) in [5.74, 6) is 0.820. The van der Waals surface area contributed by atoms with Crippen LogP contribution in [0.25, 0.3) is 0 Å². The van der Waals surface area contributed by atoms with E-state index < -0.39 is 17.8 Å². The number of ether oxygens (including phenoxy) is 1. The quantitative estimate of drug-likeness (QED) is 0.501. The lowest BCUT2D eigenvalue weighted by Gasteiger charge is -2.34. The fourth-order valence-corrected chi connectivity index (χ4v) is 4.98. The van der Waals surface area contributed by atoms with Crippen LogP contribution >= 0.6 is 0 Å². The Labute approximate surface area is 218 Å². The number of carbonyl (C=O) groups excluding carboxylic acids is 3. The molecule has 0 radical (unpaired) electrons. The van der Waals surface area contributed by atoms with E-state index in [9.17, 15) is 18.8 Å². The summed E-state index contributed by atoms with van der Waals surface area (Å²) in [5, 5.41) is 2.84. The first-order valence-corrected chi connectivity index (χ1v) is 13.0. The average molecular weight is 510 g/mol. The maximum atomic E-state index is 13.3. The third kappa shape index (κ3) is 7.38. The molecule has 1 N–H and O–H groups in total. The van der Waals surface area contributed by atoms with Gasteiger partial charge in [0, 0.05) is 44.6 Å². The SMILES string of the molecule is COc1ccc([C@@H]2C[C@H]2CC(=O)CCC[C@H](NC(=O)c2ccc(F)cc2)C(=O)N2CCN(C)CC2)cc1. The molecular formula is C29H36FN3O4. The molecule has 2 amide bonds. The van der Waals surface area contributed by atoms with Crippen LogP contribution < -0.4 is 10.1 Å². The molecule has 0 spiro atoms. The van der Waals surface area contributed by atoms with Gasteiger partial charge >= 0.3 is 0 Å². The molecule has 0 unspecified atom stereocenters. The van der Waals surface area contributed by atoms with Crippen molar-refractivity contribution >= 4 is 17.6 Å². The number of nitrogens with one attached hydrogen (secondary N) is 1. The fraction of sp³-hybridized carbons (Fsp3) is 0.483. The molecule has 1 heterocycles. The molecule has 2 fully saturated rings. The number of carbonyl (C=O) groups is 3. The number of Topliss-reactive ketones (excluding diaryl/α,β-unsaturated/α-hetero) is 1. The molecule has 3 atom stereocenters. The molecule has 8 heteroatoms. The van der Waals surface area contributed by atoms with Crippen molar-refractivity contribution in [2.24, 2.45) is 5.92 Å². The summed E-state index contributed by atoms with van der Waals surface area (Å²) in [6.07, 6.45) is 2.83. The van der Waals surface area contributed by atoms with Crippen molar-refractivity contribution in [3.05, 3.63) is 65.5 Å². The molecule has 37 heavy (non-hydrogen) atoms. The number of amides is 2. The minimum atomic E-state index is -0.721. The van der Waals surface area contributed by atoms with Gasteiger partial charge < -0.3 is 19.9 Å². The van der Waals surface area contributed by atoms with E-state index >= 15 is 0 Å². The van der Waals surface area contributed by atoms with Gasteiger partial charge in [0.25, 0.3) is 5.91 Å². The van der Waals surface area contributed by atoms with Crippen LogP contribution in [0.1, 0.15) is 53.9 Å². The predicted molar refractivity (Wildman–Crippen MR) is 139 cm³/mol. The van der Waals surface area contributed by atoms with E-state index in [0.29, 0.717) is 56.2 Å². The number of hydrogen-bond donors (Lipinski definition) is 1. The van der Waals surface area contributed by atoms with Crippen molar-refractivity contribution < 1.29 is 23.5 Å². The Morgan fingerprint density at radius 1 is 1.03 bits per heavy atom. The first-order chi connectivity index (χ1) is 17.8. The number of halogens is 1. The van der Waals surface area contributed by atoms with Crippen molar-refractivity contribution in [2.75, 3.05) is 40.3 Å². The van der Waals surface area contributed by atoms with E-state index in [1.165, 1.54) is 29.8 Å². The zero-order valence-electron chi connectivity index (χ0n) is 21.6. The monoisotopic (exact) mass is 509 g/mol. The van der Waals surface area contributed by atoms with Gasteiger partial charge in [0.1, 0.15) is 23.4 Å². The van der Waals surface area contributed by atoms with Gasteiger partial charge in [0.05, 0.1) is 7.11 Å². The second-order valence-electron chi connectivity index (χ2n) is 10.2. The third-order valence-corrected chi connectivity index (χ3v) is 7.43. The molecule has 1 aliphatic carbocycles. The summed E-state index contributed by atoms with van der Waals surface area (Å²) in [7, 11) is 3.66. The van der Waals surface area contributed by atoms with Crippen molar-refractivity contribution in [2.45, 2.75) is 44.1 Å². The first kappa shape index (κ1) is 26.8. The minimum absolute atomic E-state index is 0.127. The van der Waals surface area contributed by atoms with Crippen molar-refractivity contribution in [1.29, 1.82) is 0 Å². The standard InChI is InChI=1S/C29H36FN3O4/c1-32-14-16-33(17-15-32)29(36)27(31-28(35)21-6-10-23(30)11-7-21)5-3-4-24(34)18-22-19-26(22)20-8-12-25(37-2)13-9-20/h6-13,22,26-27H,3-5,14-19H2,1-2H3,(H,31,35)/t22-,26+,27+/m1/s1. The van der Waals surface area contributed by atoms with Crippen LogP contribution in [-0.4, -0.2) is 73.8 Å². The van der Waals surface area contributed by atoms with Gasteiger partial charge in [-0.1, -0.05) is 12.1 Å². The number of nitrogens with zero attached hydrogens (tertiary/aromatic N) is 2. The van der Waals surface area contributed by atoms with Crippen molar-refractivity contribution in [3.63, 3.8) is 0 Å². The van der Waals surface area contributed by atoms with Gasteiger partial charge in [-0.3, -0.25) is 14.4 Å². The highest BCUT2D eigenvalue weighted by atomic mass is 19.1. The fourth-order valence-electron chi connectivity index (χ4n) is 4.98. The lowest BCUT2D eigenvalue weighted by molar-refractivity contribution is -0.135. The lowest BCUT2D eigenvalue weighted by atomic mass is 10.0. The van der Waals surface area contributed by atoms with Gasteiger partial charge in [-0.2, -0.15) is 0 Å². The molecule has 7 nitrogen and oxygen atoms in total. The zero-order chi connectivity index (χ0) is 26.4. The molecule has 0 bridgehead atoms. The third-order valence-electron chi connectivity index (χ3n) is 7.43. The molecule has 198 valence electrons. The highest BCUT2D eigenvalue weighted by Crippen LogP contribution is 2.50. The topological polar surface area (TPSA) is 78.9 Å². The summed E-state index contributed by atoms with van der Waals surface area (Å²) in [5.41, 5.74) is 1.53. The molecule has 1 aliphatic heterocycles. The van der Waals surface area contributed by atoms with Gasteiger partial charge in [0.15, 0.2) is 0 Å². The number of ketones is 1. The first-order valence-electron chi connectivity index (χ1n) is 13.0. The largest absolute Gasteiger partial charge is 0.497 e. The van der Waals surface area contributed by atoms with Crippen LogP contribution in [0.2, 0.25) is 0 Å². The Hall–Kier alpha value is -3.26. The Bertz CT molecular complexity index is 1080. The average Bonchev–Trinajstić information content (AvgIpc) is 3.67. The van der Waals surface area contributed by atoms with Crippen LogP contribution in [-0.2, 0) is 9.59 Å². The van der Waals surface area contributed by atoms with Crippen LogP contribution in [0.4, 0.5) is 4.39 Å². The highest BCUT2D eigenvalue weighted by molar-refractivity contribution is 5.97. The van der Waals surface area contributed by atoms with E-state index in [1.807, 2.05) is 19.2 Å². The summed E-state index contributed by atoms with van der Waals surface area (Å²) in [6.45, 7) is 2.76.